The number of hydrogen-bond donors (Lipinski definition) is 1. The van der Waals surface area contributed by atoms with Crippen molar-refractivity contribution in [1.82, 2.24) is 14.5 Å². The van der Waals surface area contributed by atoms with Crippen LogP contribution in [0.15, 0.2) is 36.7 Å². The van der Waals surface area contributed by atoms with Crippen molar-refractivity contribution >= 4 is 28.7 Å². The van der Waals surface area contributed by atoms with Crippen molar-refractivity contribution in [3.05, 3.63) is 53.7 Å². The van der Waals surface area contributed by atoms with Crippen LogP contribution in [0.3, 0.4) is 0 Å². The van der Waals surface area contributed by atoms with E-state index < -0.39 is 11.7 Å². The first-order chi connectivity index (χ1) is 19.0. The molecule has 0 radical (unpaired) electrons. The zero-order valence-corrected chi connectivity index (χ0v) is 24.5. The van der Waals surface area contributed by atoms with Crippen LogP contribution in [0.25, 0.3) is 10.9 Å². The van der Waals surface area contributed by atoms with E-state index in [1.807, 2.05) is 69.9 Å². The number of nitrogens with zero attached hydrogens (tertiary/aromatic N) is 3. The fourth-order valence-corrected chi connectivity index (χ4v) is 5.41. The van der Waals surface area contributed by atoms with Crippen molar-refractivity contribution in [3.63, 3.8) is 0 Å². The second-order valence-electron chi connectivity index (χ2n) is 11.7. The molecule has 2 aromatic heterocycles. The largest absolute Gasteiger partial charge is 0.444 e. The number of ketones is 1. The van der Waals surface area contributed by atoms with E-state index in [2.05, 4.69) is 20.5 Å². The number of aryl methyl sites for hydroxylation is 1. The predicted octanol–water partition coefficient (Wildman–Crippen LogP) is 5.00. The van der Waals surface area contributed by atoms with E-state index in [1.165, 1.54) is 0 Å². The molecule has 0 bridgehead atoms. The number of carbonyl (C=O) groups is 3. The number of rotatable bonds is 11. The molecule has 1 amide bonds. The molecule has 1 unspecified atom stereocenters. The van der Waals surface area contributed by atoms with Crippen molar-refractivity contribution in [2.75, 3.05) is 6.54 Å². The van der Waals surface area contributed by atoms with Crippen molar-refractivity contribution in [1.29, 1.82) is 0 Å². The third-order valence-corrected chi connectivity index (χ3v) is 7.59. The Morgan fingerprint density at radius 3 is 2.65 bits per heavy atom. The Morgan fingerprint density at radius 1 is 1.12 bits per heavy atom. The van der Waals surface area contributed by atoms with Crippen LogP contribution in [0.2, 0.25) is 0 Å². The highest BCUT2D eigenvalue weighted by Crippen LogP contribution is 2.34. The molecule has 1 N–H and O–H groups in total. The molecule has 216 valence electrons. The molecule has 1 aliphatic rings. The van der Waals surface area contributed by atoms with Crippen LogP contribution < -0.4 is 9.88 Å². The molecule has 0 spiro atoms. The molecule has 0 aliphatic heterocycles. The lowest BCUT2D eigenvalue weighted by Crippen LogP contribution is -2.38. The van der Waals surface area contributed by atoms with Crippen LogP contribution in [-0.2, 0) is 41.0 Å². The third kappa shape index (κ3) is 7.11. The van der Waals surface area contributed by atoms with Crippen molar-refractivity contribution in [3.8, 4) is 0 Å². The summed E-state index contributed by atoms with van der Waals surface area (Å²) in [5, 5.41) is 3.79. The van der Waals surface area contributed by atoms with Gasteiger partial charge in [0.2, 0.25) is 6.73 Å². The maximum atomic E-state index is 13.5. The second-order valence-corrected chi connectivity index (χ2v) is 11.7. The number of amides is 1. The smallest absolute Gasteiger partial charge is 0.407 e. The Balaban J connectivity index is 1.18. The highest BCUT2D eigenvalue weighted by atomic mass is 16.6. The Kier molecular flexibility index (Phi) is 9.32. The van der Waals surface area contributed by atoms with Gasteiger partial charge in [0.1, 0.15) is 24.5 Å². The monoisotopic (exact) mass is 551 g/mol. The highest BCUT2D eigenvalue weighted by molar-refractivity contribution is 6.11. The lowest BCUT2D eigenvalue weighted by molar-refractivity contribution is -0.732. The maximum Gasteiger partial charge on any atom is 0.407 e. The molecule has 1 atom stereocenters. The van der Waals surface area contributed by atoms with Crippen LogP contribution >= 0.6 is 0 Å². The number of hydrogen-bond acceptors (Lipinski definition) is 5. The van der Waals surface area contributed by atoms with Crippen LogP contribution in [-0.4, -0.2) is 39.1 Å². The number of imidazole rings is 1. The number of fused-ring (bicyclic) bond motifs is 3. The van der Waals surface area contributed by atoms with Crippen LogP contribution in [0.5, 0.6) is 0 Å². The summed E-state index contributed by atoms with van der Waals surface area (Å²) in [5.41, 5.74) is 2.61. The summed E-state index contributed by atoms with van der Waals surface area (Å²) in [6.07, 6.45) is 8.91. The molecule has 0 saturated carbocycles. The Bertz CT molecular complexity index is 1360. The lowest BCUT2D eigenvalue weighted by atomic mass is 9.85. The predicted molar refractivity (Wildman–Crippen MR) is 152 cm³/mol. The van der Waals surface area contributed by atoms with Crippen LogP contribution in [0.1, 0.15) is 81.2 Å². The Hall–Kier alpha value is -3.62. The summed E-state index contributed by atoms with van der Waals surface area (Å²) in [5.74, 6) is 0.851. The van der Waals surface area contributed by atoms with Gasteiger partial charge >= 0.3 is 12.1 Å². The average molecular weight is 552 g/mol. The molecule has 1 aromatic carbocycles. The second kappa shape index (κ2) is 12.7. The minimum atomic E-state index is -0.499. The first kappa shape index (κ1) is 29.4. The van der Waals surface area contributed by atoms with E-state index >= 15 is 0 Å². The molecule has 40 heavy (non-hydrogen) atoms. The molecule has 1 aliphatic carbocycles. The van der Waals surface area contributed by atoms with E-state index in [1.54, 1.807) is 0 Å². The van der Waals surface area contributed by atoms with E-state index in [4.69, 9.17) is 9.47 Å². The average Bonchev–Trinajstić information content (AvgIpc) is 3.39. The highest BCUT2D eigenvalue weighted by Gasteiger charge is 2.34. The number of alkyl carbamates (subject to hydrolysis) is 1. The molecular formula is C31H43N4O5+. The van der Waals surface area contributed by atoms with E-state index in [-0.39, 0.29) is 24.4 Å². The molecule has 2 heterocycles. The number of ether oxygens (including phenoxy) is 2. The summed E-state index contributed by atoms with van der Waals surface area (Å²) >= 11 is 0. The summed E-state index contributed by atoms with van der Waals surface area (Å²) in [4.78, 5) is 37.4. The van der Waals surface area contributed by atoms with Gasteiger partial charge in [0.05, 0.1) is 5.92 Å². The SMILES string of the molecule is Cc1n(CC2CCc3c(c4ccccc4n3C)C2=O)cc[n+]1COC(=O)CCCCCCNC(=O)OC(C)(C)C. The van der Waals surface area contributed by atoms with Gasteiger partial charge in [-0.3, -0.25) is 9.59 Å². The quantitative estimate of drug-likeness (QED) is 0.206. The topological polar surface area (TPSA) is 95.4 Å². The van der Waals surface area contributed by atoms with Gasteiger partial charge in [0.25, 0.3) is 5.82 Å². The lowest BCUT2D eigenvalue weighted by Gasteiger charge is -2.21. The number of para-hydroxylation sites is 1. The maximum absolute atomic E-state index is 13.5. The van der Waals surface area contributed by atoms with E-state index in [9.17, 15) is 14.4 Å². The molecule has 0 fully saturated rings. The number of esters is 1. The third-order valence-electron chi connectivity index (χ3n) is 7.59. The van der Waals surface area contributed by atoms with Crippen molar-refractivity contribution < 1.29 is 28.4 Å². The molecular weight excluding hydrogens is 508 g/mol. The van der Waals surface area contributed by atoms with E-state index in [0.717, 1.165) is 66.5 Å². The molecule has 9 heteroatoms. The van der Waals surface area contributed by atoms with Gasteiger partial charge in [-0.05, 0) is 52.5 Å². The normalized spacial score (nSPS) is 15.2. The first-order valence-corrected chi connectivity index (χ1v) is 14.3. The number of benzene rings is 1. The molecule has 4 rings (SSSR count). The Labute approximate surface area is 236 Å². The van der Waals surface area contributed by atoms with Gasteiger partial charge in [0, 0.05) is 49.1 Å². The van der Waals surface area contributed by atoms with Gasteiger partial charge in [-0.15, -0.1) is 0 Å². The van der Waals surface area contributed by atoms with E-state index in [0.29, 0.717) is 19.5 Å². The van der Waals surface area contributed by atoms with Gasteiger partial charge in [-0.1, -0.05) is 31.0 Å². The minimum absolute atomic E-state index is 0.0836. The molecule has 3 aromatic rings. The summed E-state index contributed by atoms with van der Waals surface area (Å²) in [6, 6.07) is 8.12. The molecule has 0 saturated heterocycles. The van der Waals surface area contributed by atoms with Crippen LogP contribution in [0, 0.1) is 12.8 Å². The van der Waals surface area contributed by atoms with Gasteiger partial charge in [0.15, 0.2) is 5.78 Å². The van der Waals surface area contributed by atoms with Gasteiger partial charge in [-0.25, -0.2) is 9.36 Å². The van der Waals surface area contributed by atoms with Crippen molar-refractivity contribution in [2.45, 2.75) is 91.5 Å². The fourth-order valence-electron chi connectivity index (χ4n) is 5.41. The zero-order chi connectivity index (χ0) is 28.9. The number of unbranched alkanes of at least 4 members (excludes halogenated alkanes) is 3. The van der Waals surface area contributed by atoms with Crippen molar-refractivity contribution in [2.24, 2.45) is 13.0 Å². The van der Waals surface area contributed by atoms with Crippen LogP contribution in [0.4, 0.5) is 4.79 Å². The molecule has 9 nitrogen and oxygen atoms in total. The first-order valence-electron chi connectivity index (χ1n) is 14.3. The van der Waals surface area contributed by atoms with Gasteiger partial charge < -0.3 is 19.4 Å². The standard InChI is InChI=1S/C31H42N4O5/c1-22-34(20-23-15-16-26-28(29(23)37)24-12-9-10-13-25(24)33(26)5)18-19-35(22)21-39-27(36)14-8-6-7-11-17-32-30(38)40-31(2,3)4/h9-10,12-13,18-19,23H,6-8,11,14-17,20-21H2,1-5H3/p+1. The number of carbonyl (C=O) groups excluding carboxylic acids is 3. The summed E-state index contributed by atoms with van der Waals surface area (Å²) in [7, 11) is 2.04. The number of aromatic nitrogens is 3. The fraction of sp³-hybridized carbons (Fsp3) is 0.548. The number of Topliss-reactive ketones (excluding diaryl/α,β-unsaturated/α-hetero) is 1. The zero-order valence-electron chi connectivity index (χ0n) is 24.5. The number of nitrogens with one attached hydrogen (secondary N) is 1. The minimum Gasteiger partial charge on any atom is -0.444 e. The summed E-state index contributed by atoms with van der Waals surface area (Å²) < 4.78 is 16.9. The van der Waals surface area contributed by atoms with Gasteiger partial charge in [-0.2, -0.15) is 4.57 Å². The Morgan fingerprint density at radius 2 is 1.88 bits per heavy atom. The summed E-state index contributed by atoms with van der Waals surface area (Å²) in [6.45, 7) is 8.81.